The summed E-state index contributed by atoms with van der Waals surface area (Å²) in [6.45, 7) is 0. The maximum Gasteiger partial charge on any atom is 0.327 e. The summed E-state index contributed by atoms with van der Waals surface area (Å²) < 4.78 is 5.58. The third-order valence-corrected chi connectivity index (χ3v) is 2.71. The van der Waals surface area contributed by atoms with Gasteiger partial charge in [0.2, 0.25) is 10.6 Å². The van der Waals surface area contributed by atoms with Gasteiger partial charge in [-0.05, 0) is 47.5 Å². The van der Waals surface area contributed by atoms with Crippen LogP contribution < -0.4 is 4.74 Å². The van der Waals surface area contributed by atoms with E-state index in [1.807, 2.05) is 24.3 Å². The van der Waals surface area contributed by atoms with Crippen LogP contribution in [-0.4, -0.2) is 19.9 Å². The zero-order valence-electron chi connectivity index (χ0n) is 9.42. The van der Waals surface area contributed by atoms with Gasteiger partial charge >= 0.3 is 6.01 Å². The topological polar surface area (TPSA) is 60.8 Å². The fourth-order valence-corrected chi connectivity index (χ4v) is 1.97. The Bertz CT molecular complexity index is 725. The summed E-state index contributed by atoms with van der Waals surface area (Å²) in [6.07, 6.45) is 1.71. The van der Waals surface area contributed by atoms with Crippen LogP contribution in [-0.2, 0) is 0 Å². The van der Waals surface area contributed by atoms with Crippen LogP contribution in [0.5, 0.6) is 11.8 Å². The molecule has 0 amide bonds. The maximum atomic E-state index is 5.70. The SMILES string of the molecule is Clc1nc(Cl)nc(Oc2cccc3ncccc23)n1. The van der Waals surface area contributed by atoms with Gasteiger partial charge in [0, 0.05) is 11.6 Å². The molecule has 0 saturated heterocycles. The summed E-state index contributed by atoms with van der Waals surface area (Å²) in [5, 5.41) is 0.805. The number of halogens is 2. The molecule has 94 valence electrons. The smallest absolute Gasteiger partial charge is 0.327 e. The summed E-state index contributed by atoms with van der Waals surface area (Å²) in [7, 11) is 0. The quantitative estimate of drug-likeness (QED) is 0.723. The number of benzene rings is 1. The maximum absolute atomic E-state index is 5.70. The number of ether oxygens (including phenoxy) is 1. The van der Waals surface area contributed by atoms with E-state index in [4.69, 9.17) is 27.9 Å². The highest BCUT2D eigenvalue weighted by Gasteiger charge is 2.08. The highest BCUT2D eigenvalue weighted by atomic mass is 35.5. The number of pyridine rings is 1. The first kappa shape index (κ1) is 12.1. The van der Waals surface area contributed by atoms with Gasteiger partial charge in [-0.15, -0.1) is 0 Å². The van der Waals surface area contributed by atoms with Gasteiger partial charge in [-0.2, -0.15) is 15.0 Å². The lowest BCUT2D eigenvalue weighted by molar-refractivity contribution is 0.444. The fourth-order valence-electron chi connectivity index (χ4n) is 1.62. The summed E-state index contributed by atoms with van der Waals surface area (Å²) in [6, 6.07) is 9.26. The van der Waals surface area contributed by atoms with Crippen molar-refractivity contribution in [3.8, 4) is 11.8 Å². The lowest BCUT2D eigenvalue weighted by atomic mass is 10.2. The van der Waals surface area contributed by atoms with Crippen LogP contribution in [0, 0.1) is 0 Å². The van der Waals surface area contributed by atoms with Crippen LogP contribution in [0.4, 0.5) is 0 Å². The van der Waals surface area contributed by atoms with Crippen molar-refractivity contribution < 1.29 is 4.74 Å². The van der Waals surface area contributed by atoms with E-state index in [-0.39, 0.29) is 16.6 Å². The average Bonchev–Trinajstić information content (AvgIpc) is 2.38. The van der Waals surface area contributed by atoms with Gasteiger partial charge in [0.25, 0.3) is 0 Å². The number of aromatic nitrogens is 4. The lowest BCUT2D eigenvalue weighted by Gasteiger charge is -2.06. The molecule has 0 unspecified atom stereocenters. The van der Waals surface area contributed by atoms with Crippen LogP contribution >= 0.6 is 23.2 Å². The van der Waals surface area contributed by atoms with Crippen molar-refractivity contribution in [2.75, 3.05) is 0 Å². The molecule has 0 spiro atoms. The molecular formula is C12H6Cl2N4O. The van der Waals surface area contributed by atoms with Crippen LogP contribution in [0.3, 0.4) is 0 Å². The Morgan fingerprint density at radius 3 is 2.47 bits per heavy atom. The summed E-state index contributed by atoms with van der Waals surface area (Å²) >= 11 is 11.4. The van der Waals surface area contributed by atoms with Crippen molar-refractivity contribution in [3.63, 3.8) is 0 Å². The van der Waals surface area contributed by atoms with Gasteiger partial charge in [-0.25, -0.2) is 0 Å². The molecule has 0 fully saturated rings. The van der Waals surface area contributed by atoms with E-state index in [0.717, 1.165) is 10.9 Å². The minimum Gasteiger partial charge on any atom is -0.423 e. The molecule has 0 aliphatic carbocycles. The molecule has 3 rings (SSSR count). The Hall–Kier alpha value is -1.98. The van der Waals surface area contributed by atoms with E-state index in [0.29, 0.717) is 5.75 Å². The van der Waals surface area contributed by atoms with Crippen molar-refractivity contribution in [2.45, 2.75) is 0 Å². The number of hydrogen-bond donors (Lipinski definition) is 0. The second-order valence-electron chi connectivity index (χ2n) is 3.58. The third-order valence-electron chi connectivity index (χ3n) is 2.37. The number of rotatable bonds is 2. The first-order valence-corrected chi connectivity index (χ1v) is 6.06. The Morgan fingerprint density at radius 1 is 0.895 bits per heavy atom. The molecule has 0 aliphatic rings. The Kier molecular flexibility index (Phi) is 3.15. The van der Waals surface area contributed by atoms with Crippen LogP contribution in [0.15, 0.2) is 36.5 Å². The van der Waals surface area contributed by atoms with Gasteiger partial charge in [-0.3, -0.25) is 4.98 Å². The molecule has 0 bridgehead atoms. The van der Waals surface area contributed by atoms with Crippen LogP contribution in [0.2, 0.25) is 10.6 Å². The molecule has 3 aromatic rings. The molecule has 0 radical (unpaired) electrons. The van der Waals surface area contributed by atoms with Crippen molar-refractivity contribution in [1.29, 1.82) is 0 Å². The second kappa shape index (κ2) is 4.95. The van der Waals surface area contributed by atoms with Gasteiger partial charge in [-0.1, -0.05) is 6.07 Å². The van der Waals surface area contributed by atoms with Gasteiger partial charge < -0.3 is 4.74 Å². The predicted octanol–water partition coefficient (Wildman–Crippen LogP) is 3.52. The molecular weight excluding hydrogens is 287 g/mol. The van der Waals surface area contributed by atoms with Crippen LogP contribution in [0.25, 0.3) is 10.9 Å². The lowest BCUT2D eigenvalue weighted by Crippen LogP contribution is -1.95. The predicted molar refractivity (Wildman–Crippen MR) is 71.7 cm³/mol. The molecule has 2 aromatic heterocycles. The molecule has 0 aliphatic heterocycles. The van der Waals surface area contributed by atoms with E-state index < -0.39 is 0 Å². The standard InChI is InChI=1S/C12H6Cl2N4O/c13-10-16-11(14)18-12(17-10)19-9-5-1-4-8-7(9)3-2-6-15-8/h1-6H. The first-order valence-electron chi connectivity index (χ1n) is 5.31. The van der Waals surface area contributed by atoms with Gasteiger partial charge in [0.05, 0.1) is 5.52 Å². The van der Waals surface area contributed by atoms with Gasteiger partial charge in [0.1, 0.15) is 5.75 Å². The molecule has 0 saturated carbocycles. The normalized spacial score (nSPS) is 10.6. The molecule has 0 atom stereocenters. The molecule has 7 heteroatoms. The highest BCUT2D eigenvalue weighted by Crippen LogP contribution is 2.27. The van der Waals surface area contributed by atoms with Crippen molar-refractivity contribution in [3.05, 3.63) is 47.1 Å². The molecule has 1 aromatic carbocycles. The monoisotopic (exact) mass is 292 g/mol. The third kappa shape index (κ3) is 2.57. The zero-order chi connectivity index (χ0) is 13.2. The summed E-state index contributed by atoms with van der Waals surface area (Å²) in [5.41, 5.74) is 0.811. The molecule has 19 heavy (non-hydrogen) atoms. The van der Waals surface area contributed by atoms with Crippen molar-refractivity contribution in [1.82, 2.24) is 19.9 Å². The van der Waals surface area contributed by atoms with Crippen molar-refractivity contribution >= 4 is 34.1 Å². The fraction of sp³-hybridized carbons (Fsp3) is 0. The second-order valence-corrected chi connectivity index (χ2v) is 4.26. The Balaban J connectivity index is 2.05. The number of nitrogens with zero attached hydrogens (tertiary/aromatic N) is 4. The first-order chi connectivity index (χ1) is 9.22. The summed E-state index contributed by atoms with van der Waals surface area (Å²) in [4.78, 5) is 15.6. The zero-order valence-corrected chi connectivity index (χ0v) is 10.9. The van der Waals surface area contributed by atoms with E-state index in [9.17, 15) is 0 Å². The van der Waals surface area contributed by atoms with Gasteiger partial charge in [0.15, 0.2) is 0 Å². The Morgan fingerprint density at radius 2 is 1.68 bits per heavy atom. The van der Waals surface area contributed by atoms with E-state index in [2.05, 4.69) is 19.9 Å². The van der Waals surface area contributed by atoms with Crippen molar-refractivity contribution in [2.24, 2.45) is 0 Å². The average molecular weight is 293 g/mol. The number of fused-ring (bicyclic) bond motifs is 1. The van der Waals surface area contributed by atoms with E-state index in [1.165, 1.54) is 0 Å². The van der Waals surface area contributed by atoms with E-state index in [1.54, 1.807) is 12.3 Å². The Labute approximate surface area is 118 Å². The molecule has 5 nitrogen and oxygen atoms in total. The largest absolute Gasteiger partial charge is 0.423 e. The highest BCUT2D eigenvalue weighted by molar-refractivity contribution is 6.31. The van der Waals surface area contributed by atoms with Crippen LogP contribution in [0.1, 0.15) is 0 Å². The molecule has 2 heterocycles. The minimum atomic E-state index is -0.0200. The summed E-state index contributed by atoms with van der Waals surface area (Å²) in [5.74, 6) is 0.573. The minimum absolute atomic E-state index is 0.0200. The number of hydrogen-bond acceptors (Lipinski definition) is 5. The molecule has 0 N–H and O–H groups in total. The van der Waals surface area contributed by atoms with E-state index >= 15 is 0 Å².